The van der Waals surface area contributed by atoms with Crippen LogP contribution in [0.15, 0.2) is 48.5 Å². The molecule has 0 spiro atoms. The molecule has 1 aliphatic heterocycles. The van der Waals surface area contributed by atoms with E-state index in [0.717, 1.165) is 28.7 Å². The van der Waals surface area contributed by atoms with Gasteiger partial charge in [0.1, 0.15) is 11.9 Å². The highest BCUT2D eigenvalue weighted by atomic mass is 16.5. The van der Waals surface area contributed by atoms with Crippen LogP contribution in [-0.4, -0.2) is 35.2 Å². The van der Waals surface area contributed by atoms with Crippen molar-refractivity contribution in [2.24, 2.45) is 5.92 Å². The van der Waals surface area contributed by atoms with Gasteiger partial charge in [-0.3, -0.25) is 4.79 Å². The molecule has 1 aliphatic rings. The average molecular weight is 484 g/mol. The van der Waals surface area contributed by atoms with Crippen molar-refractivity contribution < 1.29 is 9.53 Å². The lowest BCUT2D eigenvalue weighted by Gasteiger charge is -2.28. The third kappa shape index (κ3) is 6.25. The molecule has 1 aromatic heterocycles. The van der Waals surface area contributed by atoms with E-state index in [-0.39, 0.29) is 29.5 Å². The number of amides is 1. The Morgan fingerprint density at radius 3 is 2.72 bits per heavy atom. The standard InChI is InChI=1S/C31H37N3O2/c1-7-26-19-25(14-15-36-26)32-30(35)21(3)16-24-18-23-17-22(27-11-9-8-10-20(27)2)12-13-28(23)33-29(24)34-31(4,5)6/h1,8-13,17-18,21,25-26H,14-16,19H2,2-6H3,(H,32,35)(H,33,34)/t21?,25-,26-/m0/s1. The second-order valence-electron chi connectivity index (χ2n) is 11.0. The van der Waals surface area contributed by atoms with Crippen LogP contribution in [0.1, 0.15) is 51.7 Å². The van der Waals surface area contributed by atoms with Gasteiger partial charge in [-0.1, -0.05) is 43.2 Å². The Labute approximate surface area is 215 Å². The number of rotatable bonds is 6. The van der Waals surface area contributed by atoms with Crippen LogP contribution in [0, 0.1) is 25.2 Å². The molecule has 0 saturated carbocycles. The molecule has 0 radical (unpaired) electrons. The first-order chi connectivity index (χ1) is 17.1. The molecule has 0 aliphatic carbocycles. The van der Waals surface area contributed by atoms with Crippen molar-refractivity contribution in [3.05, 3.63) is 59.7 Å². The van der Waals surface area contributed by atoms with E-state index in [1.165, 1.54) is 16.7 Å². The van der Waals surface area contributed by atoms with Gasteiger partial charge >= 0.3 is 0 Å². The zero-order valence-electron chi connectivity index (χ0n) is 22.0. The summed E-state index contributed by atoms with van der Waals surface area (Å²) in [5, 5.41) is 7.81. The third-order valence-electron chi connectivity index (χ3n) is 6.63. The molecule has 1 unspecified atom stereocenters. The fourth-order valence-corrected chi connectivity index (χ4v) is 4.71. The Hall–Kier alpha value is -3.36. The summed E-state index contributed by atoms with van der Waals surface area (Å²) in [7, 11) is 0. The Bertz CT molecular complexity index is 1290. The summed E-state index contributed by atoms with van der Waals surface area (Å²) in [5.74, 6) is 3.31. The molecule has 1 fully saturated rings. The Balaban J connectivity index is 1.62. The second-order valence-corrected chi connectivity index (χ2v) is 11.0. The lowest BCUT2D eigenvalue weighted by Crippen LogP contribution is -2.44. The maximum Gasteiger partial charge on any atom is 0.223 e. The van der Waals surface area contributed by atoms with Crippen molar-refractivity contribution in [1.82, 2.24) is 10.3 Å². The quantitative estimate of drug-likeness (QED) is 0.429. The lowest BCUT2D eigenvalue weighted by atomic mass is 9.95. The van der Waals surface area contributed by atoms with Gasteiger partial charge in [-0.25, -0.2) is 4.98 Å². The highest BCUT2D eigenvalue weighted by Crippen LogP contribution is 2.30. The average Bonchev–Trinajstić information content (AvgIpc) is 2.83. The molecule has 36 heavy (non-hydrogen) atoms. The van der Waals surface area contributed by atoms with Gasteiger partial charge in [0.05, 0.1) is 12.1 Å². The summed E-state index contributed by atoms with van der Waals surface area (Å²) < 4.78 is 5.54. The summed E-state index contributed by atoms with van der Waals surface area (Å²) in [4.78, 5) is 18.1. The first-order valence-electron chi connectivity index (χ1n) is 12.8. The monoisotopic (exact) mass is 483 g/mol. The summed E-state index contributed by atoms with van der Waals surface area (Å²) in [6, 6.07) is 17.0. The number of carbonyl (C=O) groups excluding carboxylic acids is 1. The van der Waals surface area contributed by atoms with Crippen LogP contribution in [0.25, 0.3) is 22.0 Å². The van der Waals surface area contributed by atoms with Crippen LogP contribution in [0.4, 0.5) is 5.82 Å². The molecule has 1 saturated heterocycles. The predicted molar refractivity (Wildman–Crippen MR) is 148 cm³/mol. The summed E-state index contributed by atoms with van der Waals surface area (Å²) in [6.07, 6.45) is 7.33. The van der Waals surface area contributed by atoms with Crippen LogP contribution in [0.2, 0.25) is 0 Å². The van der Waals surface area contributed by atoms with Gasteiger partial charge < -0.3 is 15.4 Å². The number of carbonyl (C=O) groups is 1. The van der Waals surface area contributed by atoms with E-state index < -0.39 is 0 Å². The fourth-order valence-electron chi connectivity index (χ4n) is 4.71. The van der Waals surface area contributed by atoms with Crippen molar-refractivity contribution in [1.29, 1.82) is 0 Å². The van der Waals surface area contributed by atoms with E-state index in [1.807, 2.05) is 6.92 Å². The van der Waals surface area contributed by atoms with Gasteiger partial charge in [0.15, 0.2) is 0 Å². The molecule has 1 amide bonds. The predicted octanol–water partition coefficient (Wildman–Crippen LogP) is 5.90. The van der Waals surface area contributed by atoms with Crippen molar-refractivity contribution >= 4 is 22.6 Å². The van der Waals surface area contributed by atoms with Crippen molar-refractivity contribution in [3.8, 4) is 23.5 Å². The van der Waals surface area contributed by atoms with Crippen molar-refractivity contribution in [2.45, 2.75) is 71.6 Å². The normalized spacial score (nSPS) is 18.9. The third-order valence-corrected chi connectivity index (χ3v) is 6.63. The van der Waals surface area contributed by atoms with Gasteiger partial charge in [0.25, 0.3) is 0 Å². The molecular formula is C31H37N3O2. The number of nitrogens with one attached hydrogen (secondary N) is 2. The van der Waals surface area contributed by atoms with Crippen molar-refractivity contribution in [2.75, 3.05) is 11.9 Å². The van der Waals surface area contributed by atoms with Crippen LogP contribution >= 0.6 is 0 Å². The number of hydrogen-bond acceptors (Lipinski definition) is 4. The molecule has 4 rings (SSSR count). The van der Waals surface area contributed by atoms with E-state index in [9.17, 15) is 4.79 Å². The van der Waals surface area contributed by atoms with Crippen molar-refractivity contribution in [3.63, 3.8) is 0 Å². The van der Waals surface area contributed by atoms with Gasteiger partial charge in [0.2, 0.25) is 5.91 Å². The largest absolute Gasteiger partial charge is 0.365 e. The molecule has 188 valence electrons. The maximum absolute atomic E-state index is 13.1. The number of terminal acetylenes is 1. The first kappa shape index (κ1) is 25.7. The molecular weight excluding hydrogens is 446 g/mol. The van der Waals surface area contributed by atoms with Gasteiger partial charge in [-0.2, -0.15) is 0 Å². The van der Waals surface area contributed by atoms with Gasteiger partial charge in [-0.05, 0) is 81.0 Å². The van der Waals surface area contributed by atoms with E-state index >= 15 is 0 Å². The molecule has 3 aromatic rings. The minimum absolute atomic E-state index is 0.0353. The van der Waals surface area contributed by atoms with Crippen LogP contribution in [0.3, 0.4) is 0 Å². The van der Waals surface area contributed by atoms with E-state index in [0.29, 0.717) is 19.4 Å². The number of pyridine rings is 1. The molecule has 2 aromatic carbocycles. The molecule has 2 heterocycles. The number of fused-ring (bicyclic) bond motifs is 1. The highest BCUT2D eigenvalue weighted by Gasteiger charge is 2.25. The number of nitrogens with zero attached hydrogens (tertiary/aromatic N) is 1. The lowest BCUT2D eigenvalue weighted by molar-refractivity contribution is -0.126. The SMILES string of the molecule is C#C[C@H]1C[C@@H](NC(=O)C(C)Cc2cc3cc(-c4ccccc4C)ccc3nc2NC(C)(C)C)CCO1. The Morgan fingerprint density at radius 1 is 1.22 bits per heavy atom. The molecule has 2 N–H and O–H groups in total. The van der Waals surface area contributed by atoms with Gasteiger partial charge in [0, 0.05) is 29.3 Å². The smallest absolute Gasteiger partial charge is 0.223 e. The number of benzene rings is 2. The zero-order valence-corrected chi connectivity index (χ0v) is 22.0. The van der Waals surface area contributed by atoms with Crippen LogP contribution in [0.5, 0.6) is 0 Å². The van der Waals surface area contributed by atoms with Gasteiger partial charge in [-0.15, -0.1) is 6.42 Å². The Kier molecular flexibility index (Phi) is 7.66. The molecule has 5 heteroatoms. The zero-order chi connectivity index (χ0) is 25.9. The number of ether oxygens (including phenoxy) is 1. The van der Waals surface area contributed by atoms with E-state index in [4.69, 9.17) is 16.1 Å². The summed E-state index contributed by atoms with van der Waals surface area (Å²) >= 11 is 0. The Morgan fingerprint density at radius 2 is 2.00 bits per heavy atom. The number of hydrogen-bond donors (Lipinski definition) is 2. The first-order valence-corrected chi connectivity index (χ1v) is 12.8. The molecule has 5 nitrogen and oxygen atoms in total. The molecule has 0 bridgehead atoms. The summed E-state index contributed by atoms with van der Waals surface area (Å²) in [6.45, 7) is 11.0. The second kappa shape index (κ2) is 10.7. The van der Waals surface area contributed by atoms with E-state index in [2.05, 4.69) is 92.8 Å². The fraction of sp³-hybridized carbons (Fsp3) is 0.419. The number of aromatic nitrogens is 1. The van der Waals surface area contributed by atoms with E-state index in [1.54, 1.807) is 0 Å². The van der Waals surface area contributed by atoms with Crippen LogP contribution in [-0.2, 0) is 16.0 Å². The number of anilines is 1. The maximum atomic E-state index is 13.1. The van der Waals surface area contributed by atoms with Crippen LogP contribution < -0.4 is 10.6 Å². The minimum Gasteiger partial charge on any atom is -0.365 e. The molecule has 3 atom stereocenters. The highest BCUT2D eigenvalue weighted by molar-refractivity contribution is 5.87. The number of aryl methyl sites for hydroxylation is 1. The summed E-state index contributed by atoms with van der Waals surface area (Å²) in [5.41, 5.74) is 5.43. The minimum atomic E-state index is -0.228. The topological polar surface area (TPSA) is 63.2 Å².